The Kier molecular flexibility index (Phi) is 5.19. The molecule has 0 heterocycles. The lowest BCUT2D eigenvalue weighted by Crippen LogP contribution is -2.39. The normalized spacial score (nSPS) is 12.9. The fraction of sp³-hybridized carbons (Fsp3) is 0.421. The van der Waals surface area contributed by atoms with Crippen molar-refractivity contribution in [3.05, 3.63) is 47.5 Å². The molecular weight excluding hydrogens is 272 g/mol. The van der Waals surface area contributed by atoms with Crippen LogP contribution in [0.4, 0.5) is 0 Å². The van der Waals surface area contributed by atoms with E-state index in [0.717, 1.165) is 17.5 Å². The maximum atomic E-state index is 12.6. The van der Waals surface area contributed by atoms with Crippen molar-refractivity contribution in [2.45, 2.75) is 32.7 Å². The number of benzene rings is 2. The minimum absolute atomic E-state index is 0.000793. The second kappa shape index (κ2) is 6.93. The zero-order chi connectivity index (χ0) is 16.3. The van der Waals surface area contributed by atoms with E-state index >= 15 is 0 Å². The summed E-state index contributed by atoms with van der Waals surface area (Å²) in [5.41, 5.74) is 2.04. The van der Waals surface area contributed by atoms with Crippen molar-refractivity contribution in [1.82, 2.24) is 10.2 Å². The first-order valence-electron chi connectivity index (χ1n) is 7.87. The fourth-order valence-electron chi connectivity index (χ4n) is 2.92. The number of carbonyl (C=O) groups is 1. The number of likely N-dealkylation sites (N-methyl/N-ethyl adjacent to an activating group) is 1. The molecule has 0 aromatic heterocycles. The van der Waals surface area contributed by atoms with Crippen LogP contribution in [0.15, 0.2) is 36.4 Å². The molecule has 0 saturated carbocycles. The maximum Gasteiger partial charge on any atom is 0.252 e. The lowest BCUT2D eigenvalue weighted by molar-refractivity contribution is 0.0936. The van der Waals surface area contributed by atoms with E-state index in [-0.39, 0.29) is 11.9 Å². The Hall–Kier alpha value is -1.87. The van der Waals surface area contributed by atoms with E-state index in [4.69, 9.17) is 0 Å². The van der Waals surface area contributed by atoms with Gasteiger partial charge in [0.05, 0.1) is 0 Å². The second-order valence-electron chi connectivity index (χ2n) is 6.54. The van der Waals surface area contributed by atoms with Crippen LogP contribution in [0.3, 0.4) is 0 Å². The van der Waals surface area contributed by atoms with Gasteiger partial charge in [-0.15, -0.1) is 0 Å². The molecule has 2 rings (SSSR count). The number of amides is 1. The smallest absolute Gasteiger partial charge is 0.252 e. The minimum atomic E-state index is 0.000793. The first-order valence-corrected chi connectivity index (χ1v) is 7.87. The quantitative estimate of drug-likeness (QED) is 0.914. The largest absolute Gasteiger partial charge is 0.348 e. The molecule has 22 heavy (non-hydrogen) atoms. The molecule has 0 saturated heterocycles. The van der Waals surface area contributed by atoms with Gasteiger partial charge in [-0.3, -0.25) is 4.79 Å². The Balaban J connectivity index is 2.36. The van der Waals surface area contributed by atoms with E-state index in [0.29, 0.717) is 5.92 Å². The standard InChI is InChI=1S/C19H26N2O/c1-13(2)15-10-11-18(17-9-7-6-8-16(15)17)19(22)20-14(3)12-21(4)5/h6-11,13-14H,12H2,1-5H3,(H,20,22). The van der Waals surface area contributed by atoms with Gasteiger partial charge in [-0.25, -0.2) is 0 Å². The molecule has 0 spiro atoms. The molecule has 1 N–H and O–H groups in total. The van der Waals surface area contributed by atoms with Crippen LogP contribution in [0.1, 0.15) is 42.6 Å². The fourth-order valence-corrected chi connectivity index (χ4v) is 2.92. The Morgan fingerprint density at radius 1 is 1.05 bits per heavy atom. The minimum Gasteiger partial charge on any atom is -0.348 e. The van der Waals surface area contributed by atoms with Gasteiger partial charge in [0.25, 0.3) is 5.91 Å². The van der Waals surface area contributed by atoms with Crippen molar-refractivity contribution in [2.75, 3.05) is 20.6 Å². The third-order valence-electron chi connectivity index (χ3n) is 3.84. The molecule has 0 fully saturated rings. The van der Waals surface area contributed by atoms with Gasteiger partial charge in [-0.05, 0) is 49.3 Å². The Bertz CT molecular complexity index is 662. The van der Waals surface area contributed by atoms with Crippen LogP contribution in [-0.2, 0) is 0 Å². The molecule has 3 heteroatoms. The van der Waals surface area contributed by atoms with E-state index in [1.54, 1.807) is 0 Å². The van der Waals surface area contributed by atoms with Crippen molar-refractivity contribution in [2.24, 2.45) is 0 Å². The average molecular weight is 298 g/mol. The summed E-state index contributed by atoms with van der Waals surface area (Å²) in [7, 11) is 4.02. The number of hydrogen-bond donors (Lipinski definition) is 1. The Labute approximate surface area is 133 Å². The number of hydrogen-bond acceptors (Lipinski definition) is 2. The first kappa shape index (κ1) is 16.5. The van der Waals surface area contributed by atoms with E-state index in [1.807, 2.05) is 45.3 Å². The number of carbonyl (C=O) groups excluding carboxylic acids is 1. The van der Waals surface area contributed by atoms with Gasteiger partial charge in [-0.2, -0.15) is 0 Å². The molecule has 2 aromatic carbocycles. The lowest BCUT2D eigenvalue weighted by Gasteiger charge is -2.19. The lowest BCUT2D eigenvalue weighted by atomic mass is 9.93. The molecule has 1 atom stereocenters. The van der Waals surface area contributed by atoms with Crippen molar-refractivity contribution >= 4 is 16.7 Å². The first-order chi connectivity index (χ1) is 10.4. The van der Waals surface area contributed by atoms with Gasteiger partial charge in [0, 0.05) is 18.2 Å². The third kappa shape index (κ3) is 3.66. The summed E-state index contributed by atoms with van der Waals surface area (Å²) < 4.78 is 0. The molecule has 0 aliphatic heterocycles. The molecule has 2 aromatic rings. The molecular formula is C19H26N2O. The highest BCUT2D eigenvalue weighted by atomic mass is 16.1. The van der Waals surface area contributed by atoms with Gasteiger partial charge >= 0.3 is 0 Å². The average Bonchev–Trinajstić information content (AvgIpc) is 2.44. The van der Waals surface area contributed by atoms with Gasteiger partial charge in [0.2, 0.25) is 0 Å². The second-order valence-corrected chi connectivity index (χ2v) is 6.54. The summed E-state index contributed by atoms with van der Waals surface area (Å²) in [6.45, 7) is 7.22. The van der Waals surface area contributed by atoms with Crippen LogP contribution in [0.5, 0.6) is 0 Å². The van der Waals surface area contributed by atoms with Crippen molar-refractivity contribution in [3.63, 3.8) is 0 Å². The Morgan fingerprint density at radius 2 is 1.68 bits per heavy atom. The zero-order valence-corrected chi connectivity index (χ0v) is 14.2. The SMILES string of the molecule is CC(CN(C)C)NC(=O)c1ccc(C(C)C)c2ccccc12. The predicted octanol–water partition coefficient (Wildman–Crippen LogP) is 3.64. The van der Waals surface area contributed by atoms with Crippen LogP contribution < -0.4 is 5.32 Å². The van der Waals surface area contributed by atoms with Crippen LogP contribution in [-0.4, -0.2) is 37.5 Å². The summed E-state index contributed by atoms with van der Waals surface area (Å²) in [5.74, 6) is 0.440. The summed E-state index contributed by atoms with van der Waals surface area (Å²) in [5, 5.41) is 5.29. The van der Waals surface area contributed by atoms with E-state index in [9.17, 15) is 4.79 Å². The van der Waals surface area contributed by atoms with Crippen molar-refractivity contribution < 1.29 is 4.79 Å². The van der Waals surface area contributed by atoms with Gasteiger partial charge in [0.15, 0.2) is 0 Å². The molecule has 0 radical (unpaired) electrons. The van der Waals surface area contributed by atoms with E-state index in [2.05, 4.69) is 36.2 Å². The highest BCUT2D eigenvalue weighted by Crippen LogP contribution is 2.28. The van der Waals surface area contributed by atoms with Crippen LogP contribution in [0.25, 0.3) is 10.8 Å². The number of nitrogens with zero attached hydrogens (tertiary/aromatic N) is 1. The topological polar surface area (TPSA) is 32.3 Å². The van der Waals surface area contributed by atoms with Crippen LogP contribution in [0, 0.1) is 0 Å². The van der Waals surface area contributed by atoms with Gasteiger partial charge in [-0.1, -0.05) is 44.2 Å². The molecule has 0 aliphatic carbocycles. The summed E-state index contributed by atoms with van der Waals surface area (Å²) >= 11 is 0. The van der Waals surface area contributed by atoms with Crippen molar-refractivity contribution in [3.8, 4) is 0 Å². The van der Waals surface area contributed by atoms with E-state index in [1.165, 1.54) is 10.9 Å². The van der Waals surface area contributed by atoms with Gasteiger partial charge in [0.1, 0.15) is 0 Å². The number of fused-ring (bicyclic) bond motifs is 1. The van der Waals surface area contributed by atoms with Crippen LogP contribution in [0.2, 0.25) is 0 Å². The summed E-state index contributed by atoms with van der Waals surface area (Å²) in [6, 6.07) is 12.3. The molecule has 1 unspecified atom stereocenters. The van der Waals surface area contributed by atoms with Crippen molar-refractivity contribution in [1.29, 1.82) is 0 Å². The molecule has 3 nitrogen and oxygen atoms in total. The third-order valence-corrected chi connectivity index (χ3v) is 3.84. The van der Waals surface area contributed by atoms with Crippen LogP contribution >= 0.6 is 0 Å². The summed E-state index contributed by atoms with van der Waals surface area (Å²) in [6.07, 6.45) is 0. The summed E-state index contributed by atoms with van der Waals surface area (Å²) in [4.78, 5) is 14.7. The Morgan fingerprint density at radius 3 is 2.27 bits per heavy atom. The van der Waals surface area contributed by atoms with Gasteiger partial charge < -0.3 is 10.2 Å². The molecule has 0 aliphatic rings. The maximum absolute atomic E-state index is 12.6. The predicted molar refractivity (Wildman–Crippen MR) is 93.5 cm³/mol. The highest BCUT2D eigenvalue weighted by Gasteiger charge is 2.15. The zero-order valence-electron chi connectivity index (χ0n) is 14.2. The molecule has 118 valence electrons. The van der Waals surface area contributed by atoms with E-state index < -0.39 is 0 Å². The highest BCUT2D eigenvalue weighted by molar-refractivity contribution is 6.08. The number of nitrogens with one attached hydrogen (secondary N) is 1. The molecule has 1 amide bonds. The monoisotopic (exact) mass is 298 g/mol. The number of rotatable bonds is 5. The molecule has 0 bridgehead atoms.